The van der Waals surface area contributed by atoms with E-state index in [1.165, 1.54) is 12.1 Å². The molecule has 0 radical (unpaired) electrons. The van der Waals surface area contributed by atoms with Crippen LogP contribution in [0.2, 0.25) is 0 Å². The fourth-order valence-corrected chi connectivity index (χ4v) is 0.982. The van der Waals surface area contributed by atoms with Crippen molar-refractivity contribution in [3.8, 4) is 5.75 Å². The third-order valence-electron chi connectivity index (χ3n) is 1.02. The molecule has 0 unspecified atom stereocenters. The molecule has 1 rings (SSSR count). The highest BCUT2D eigenvalue weighted by molar-refractivity contribution is 7.82. The minimum absolute atomic E-state index is 0. The zero-order valence-electron chi connectivity index (χ0n) is 6.84. The van der Waals surface area contributed by atoms with Gasteiger partial charge in [-0.25, -0.2) is 0 Å². The van der Waals surface area contributed by atoms with E-state index < -0.39 is 10.4 Å². The van der Waals surface area contributed by atoms with Crippen molar-refractivity contribution in [2.24, 2.45) is 0 Å². The number of hydrogen-bond acceptors (Lipinski definition) is 5. The molecule has 1 aromatic rings. The molecule has 0 fully saturated rings. The van der Waals surface area contributed by atoms with E-state index in [9.17, 15) is 13.7 Å². The van der Waals surface area contributed by atoms with Gasteiger partial charge in [0.2, 0.25) is 0 Å². The van der Waals surface area contributed by atoms with Gasteiger partial charge in [-0.2, -0.15) is 8.42 Å². The van der Waals surface area contributed by atoms with Crippen LogP contribution in [0.3, 0.4) is 0 Å². The molecule has 0 aliphatic carbocycles. The second-order valence-electron chi connectivity index (χ2n) is 1.87. The Morgan fingerprint density at radius 2 is 1.69 bits per heavy atom. The van der Waals surface area contributed by atoms with Crippen molar-refractivity contribution >= 4 is 10.4 Å². The van der Waals surface area contributed by atoms with Gasteiger partial charge in [0, 0.05) is 0 Å². The summed E-state index contributed by atoms with van der Waals surface area (Å²) < 4.78 is 27.9. The first kappa shape index (κ1) is 11.8. The summed E-state index contributed by atoms with van der Waals surface area (Å²) in [5.41, 5.74) is 0. The van der Waals surface area contributed by atoms with Crippen LogP contribution in [0, 0.1) is 0 Å². The van der Waals surface area contributed by atoms with Crippen molar-refractivity contribution < 1.29 is 22.2 Å². The SMILES string of the molecule is O=S(=O)(O[O-])Oc1ccccc1.[NH4+]. The Morgan fingerprint density at radius 3 is 2.15 bits per heavy atom. The van der Waals surface area contributed by atoms with Crippen LogP contribution in [-0.2, 0) is 14.7 Å². The second-order valence-corrected chi connectivity index (χ2v) is 2.99. The number of benzene rings is 1. The van der Waals surface area contributed by atoms with Gasteiger partial charge in [-0.3, -0.25) is 0 Å². The molecule has 13 heavy (non-hydrogen) atoms. The molecule has 0 aromatic heterocycles. The van der Waals surface area contributed by atoms with Crippen molar-refractivity contribution in [3.63, 3.8) is 0 Å². The molecule has 1 aromatic carbocycles. The van der Waals surface area contributed by atoms with Crippen LogP contribution in [0.25, 0.3) is 0 Å². The zero-order chi connectivity index (χ0) is 9.03. The monoisotopic (exact) mass is 207 g/mol. The fraction of sp³-hybridized carbons (Fsp3) is 0. The maximum Gasteiger partial charge on any atom is 0.440 e. The Bertz CT molecular complexity index is 335. The van der Waals surface area contributed by atoms with Crippen LogP contribution in [-0.4, -0.2) is 8.42 Å². The largest absolute Gasteiger partial charge is 0.704 e. The summed E-state index contributed by atoms with van der Waals surface area (Å²) in [6.07, 6.45) is 0. The maximum atomic E-state index is 10.4. The lowest BCUT2D eigenvalue weighted by Gasteiger charge is -2.07. The van der Waals surface area contributed by atoms with Crippen LogP contribution >= 0.6 is 0 Å². The fourth-order valence-electron chi connectivity index (χ4n) is 0.608. The van der Waals surface area contributed by atoms with E-state index in [2.05, 4.69) is 8.52 Å². The molecule has 0 bridgehead atoms. The van der Waals surface area contributed by atoms with Crippen LogP contribution in [0.1, 0.15) is 0 Å². The molecular formula is C6H9NO5S. The first-order valence-electron chi connectivity index (χ1n) is 2.95. The van der Waals surface area contributed by atoms with E-state index in [1.54, 1.807) is 18.2 Å². The van der Waals surface area contributed by atoms with E-state index in [1.807, 2.05) is 0 Å². The van der Waals surface area contributed by atoms with Crippen LogP contribution in [0.5, 0.6) is 5.75 Å². The highest BCUT2D eigenvalue weighted by Crippen LogP contribution is 2.10. The van der Waals surface area contributed by atoms with Crippen molar-refractivity contribution in [2.75, 3.05) is 0 Å². The van der Waals surface area contributed by atoms with E-state index >= 15 is 0 Å². The average molecular weight is 207 g/mol. The van der Waals surface area contributed by atoms with Gasteiger partial charge in [-0.1, -0.05) is 18.2 Å². The van der Waals surface area contributed by atoms with Gasteiger partial charge in [0.25, 0.3) is 0 Å². The third-order valence-corrected chi connectivity index (χ3v) is 1.59. The Labute approximate surface area is 75.6 Å². The van der Waals surface area contributed by atoms with E-state index in [-0.39, 0.29) is 11.9 Å². The van der Waals surface area contributed by atoms with E-state index in [0.717, 1.165) is 0 Å². The summed E-state index contributed by atoms with van der Waals surface area (Å²) in [7, 11) is -4.43. The third kappa shape index (κ3) is 3.85. The standard InChI is InChI=1S/C6H6O5S.H3N/c7-11-12(8,9)10-6-4-2-1-3-5-6;/h1-5,7H;1H3. The van der Waals surface area contributed by atoms with Gasteiger partial charge in [0.05, 0.1) is 0 Å². The number of hydrogen-bond donors (Lipinski definition) is 1. The minimum Gasteiger partial charge on any atom is -0.704 e. The molecule has 0 amide bonds. The van der Waals surface area contributed by atoms with Crippen molar-refractivity contribution in [1.82, 2.24) is 6.15 Å². The molecule has 0 aliphatic heterocycles. The molecule has 74 valence electrons. The summed E-state index contributed by atoms with van der Waals surface area (Å²) in [5, 5.41) is 9.54. The molecule has 6 nitrogen and oxygen atoms in total. The number of rotatable bonds is 3. The summed E-state index contributed by atoms with van der Waals surface area (Å²) in [5.74, 6) is 0.0355. The van der Waals surface area contributed by atoms with Gasteiger partial charge < -0.3 is 19.9 Å². The zero-order valence-corrected chi connectivity index (χ0v) is 7.65. The summed E-state index contributed by atoms with van der Waals surface area (Å²) in [4.78, 5) is 0. The lowest BCUT2D eigenvalue weighted by Crippen LogP contribution is -2.19. The molecule has 0 atom stereocenters. The Morgan fingerprint density at radius 1 is 1.15 bits per heavy atom. The van der Waals surface area contributed by atoms with Gasteiger partial charge in [-0.15, -0.1) is 0 Å². The van der Waals surface area contributed by atoms with Gasteiger partial charge >= 0.3 is 10.4 Å². The molecular weight excluding hydrogens is 198 g/mol. The number of para-hydroxylation sites is 1. The molecule has 7 heteroatoms. The Kier molecular flexibility index (Phi) is 4.35. The Balaban J connectivity index is 0.00000144. The maximum absolute atomic E-state index is 10.4. The van der Waals surface area contributed by atoms with Gasteiger partial charge in [0.15, 0.2) is 0 Å². The minimum atomic E-state index is -4.43. The molecule has 0 spiro atoms. The normalized spacial score (nSPS) is 10.2. The van der Waals surface area contributed by atoms with Gasteiger partial charge in [0.1, 0.15) is 5.75 Å². The predicted octanol–water partition coefficient (Wildman–Crippen LogP) is -0.0217. The topological polar surface area (TPSA) is 112 Å². The molecule has 0 saturated heterocycles. The molecule has 0 saturated carbocycles. The van der Waals surface area contributed by atoms with Crippen LogP contribution in [0.15, 0.2) is 30.3 Å². The quantitative estimate of drug-likeness (QED) is 0.552. The molecule has 0 heterocycles. The first-order chi connectivity index (χ1) is 5.64. The summed E-state index contributed by atoms with van der Waals surface area (Å²) >= 11 is 0. The lowest BCUT2D eigenvalue weighted by atomic mass is 10.3. The first-order valence-corrected chi connectivity index (χ1v) is 4.28. The smallest absolute Gasteiger partial charge is 0.440 e. The van der Waals surface area contributed by atoms with Crippen molar-refractivity contribution in [1.29, 1.82) is 0 Å². The Hall–Kier alpha value is -1.15. The van der Waals surface area contributed by atoms with Crippen molar-refractivity contribution in [2.45, 2.75) is 0 Å². The highest BCUT2D eigenvalue weighted by atomic mass is 32.3. The van der Waals surface area contributed by atoms with Crippen LogP contribution < -0.4 is 15.6 Å². The van der Waals surface area contributed by atoms with Crippen molar-refractivity contribution in [3.05, 3.63) is 30.3 Å². The summed E-state index contributed by atoms with van der Waals surface area (Å²) in [6, 6.07) is 7.58. The highest BCUT2D eigenvalue weighted by Gasteiger charge is 2.06. The summed E-state index contributed by atoms with van der Waals surface area (Å²) in [6.45, 7) is 0. The number of quaternary nitrogens is 1. The predicted molar refractivity (Wildman–Crippen MR) is 43.1 cm³/mol. The van der Waals surface area contributed by atoms with Gasteiger partial charge in [-0.05, 0) is 12.1 Å². The van der Waals surface area contributed by atoms with E-state index in [4.69, 9.17) is 0 Å². The van der Waals surface area contributed by atoms with E-state index in [0.29, 0.717) is 0 Å². The second kappa shape index (κ2) is 4.77. The average Bonchev–Trinajstić information content (AvgIpc) is 2.06. The molecule has 4 N–H and O–H groups in total. The lowest BCUT2D eigenvalue weighted by molar-refractivity contribution is -0.636. The van der Waals surface area contributed by atoms with Crippen LogP contribution in [0.4, 0.5) is 0 Å². The molecule has 0 aliphatic rings.